The molecule has 0 heterocycles. The monoisotopic (exact) mass is 906 g/mol. The molecule has 0 aromatic rings. The largest absolute Gasteiger partial charge is 0.465 e. The Bertz CT molecular complexity index is 1510. The van der Waals surface area contributed by atoms with Gasteiger partial charge in [-0.15, -0.1) is 0 Å². The van der Waals surface area contributed by atoms with Crippen molar-refractivity contribution in [3.05, 3.63) is 75.9 Å². The van der Waals surface area contributed by atoms with Crippen molar-refractivity contribution in [1.29, 1.82) is 0 Å². The molecule has 0 aliphatic heterocycles. The minimum Gasteiger partial charge on any atom is -0.465 e. The van der Waals surface area contributed by atoms with E-state index in [1.54, 1.807) is 0 Å². The van der Waals surface area contributed by atoms with E-state index >= 15 is 0 Å². The highest BCUT2D eigenvalue weighted by atomic mass is 16.6. The molecule has 0 rings (SSSR count). The summed E-state index contributed by atoms with van der Waals surface area (Å²) in [5.74, 6) is -4.89. The highest BCUT2D eigenvalue weighted by molar-refractivity contribution is 5.89. The number of allylic oxidation sites excluding steroid dienone is 1. The van der Waals surface area contributed by atoms with Gasteiger partial charge in [0.05, 0.1) is 50.5 Å². The molecule has 1 unspecified atom stereocenters. The van der Waals surface area contributed by atoms with Crippen molar-refractivity contribution in [1.82, 2.24) is 0 Å². The van der Waals surface area contributed by atoms with Crippen molar-refractivity contribution in [2.45, 2.75) is 70.6 Å². The van der Waals surface area contributed by atoms with E-state index in [-0.39, 0.29) is 71.3 Å². The van der Waals surface area contributed by atoms with Gasteiger partial charge in [-0.3, -0.25) is 14.4 Å². The number of carbonyl (C=O) groups excluding carboxylic acids is 8. The predicted molar refractivity (Wildman–Crippen MR) is 231 cm³/mol. The fourth-order valence-electron chi connectivity index (χ4n) is 5.08. The standard InChI is InChI=1S/C46H66O18/c1-7-37(47)23-28-55-24-17-13-15-21-44(54)64-36-46(34-61-41(51)11-5,35-62-42(52)12-6)31-57-30-45(32-60-40(50)10-4,29-56-25-19-20-27-59-39(49)9-3)33-63-43(53)22-16-14-18-26-58-38(48)8-2/h7-12H,1-6,13-36H2. The number of unbranched alkanes of at least 4 members (excludes halogenated alkanes) is 5. The molecule has 358 valence electrons. The van der Waals surface area contributed by atoms with Crippen molar-refractivity contribution in [2.24, 2.45) is 10.8 Å². The quantitative estimate of drug-likeness (QED) is 0.0347. The molecule has 0 saturated heterocycles. The molecule has 0 radical (unpaired) electrons. The number of esters is 7. The average Bonchev–Trinajstić information content (AvgIpc) is 3.30. The van der Waals surface area contributed by atoms with E-state index in [2.05, 4.69) is 39.5 Å². The van der Waals surface area contributed by atoms with E-state index in [9.17, 15) is 38.4 Å². The lowest BCUT2D eigenvalue weighted by Gasteiger charge is -2.35. The van der Waals surface area contributed by atoms with Crippen molar-refractivity contribution in [2.75, 3.05) is 85.9 Å². The van der Waals surface area contributed by atoms with Crippen molar-refractivity contribution in [3.8, 4) is 0 Å². The van der Waals surface area contributed by atoms with Crippen LogP contribution in [0, 0.1) is 10.8 Å². The topological polar surface area (TPSA) is 229 Å². The molecule has 0 aliphatic rings. The maximum absolute atomic E-state index is 13.0. The zero-order chi connectivity index (χ0) is 47.9. The summed E-state index contributed by atoms with van der Waals surface area (Å²) in [7, 11) is 0. The van der Waals surface area contributed by atoms with Gasteiger partial charge in [-0.05, 0) is 51.0 Å². The van der Waals surface area contributed by atoms with E-state index in [4.69, 9.17) is 47.4 Å². The molecule has 18 nitrogen and oxygen atoms in total. The first-order valence-electron chi connectivity index (χ1n) is 20.9. The highest BCUT2D eigenvalue weighted by Gasteiger charge is 2.40. The zero-order valence-electron chi connectivity index (χ0n) is 37.0. The van der Waals surface area contributed by atoms with E-state index in [1.165, 1.54) is 6.08 Å². The molecule has 0 N–H and O–H groups in total. The third kappa shape index (κ3) is 30.3. The minimum absolute atomic E-state index is 0.00688. The first kappa shape index (κ1) is 58.3. The maximum atomic E-state index is 13.0. The van der Waals surface area contributed by atoms with Crippen molar-refractivity contribution in [3.63, 3.8) is 0 Å². The number of carbonyl (C=O) groups is 8. The van der Waals surface area contributed by atoms with E-state index < -0.39 is 85.6 Å². The van der Waals surface area contributed by atoms with Gasteiger partial charge in [-0.25, -0.2) is 24.0 Å². The Morgan fingerprint density at radius 3 is 1.09 bits per heavy atom. The fourth-order valence-corrected chi connectivity index (χ4v) is 5.08. The Labute approximate surface area is 375 Å². The lowest BCUT2D eigenvalue weighted by Crippen LogP contribution is -2.47. The van der Waals surface area contributed by atoms with E-state index in [0.29, 0.717) is 58.0 Å². The third-order valence-corrected chi connectivity index (χ3v) is 8.79. The average molecular weight is 907 g/mol. The van der Waals surface area contributed by atoms with Gasteiger partial charge in [0.1, 0.15) is 33.0 Å². The van der Waals surface area contributed by atoms with Crippen molar-refractivity contribution < 1.29 is 85.7 Å². The summed E-state index contributed by atoms with van der Waals surface area (Å²) in [5, 5.41) is 0. The summed E-state index contributed by atoms with van der Waals surface area (Å²) in [6.07, 6.45) is 10.4. The molecule has 1 atom stereocenters. The fraction of sp³-hybridized carbons (Fsp3) is 0.565. The summed E-state index contributed by atoms with van der Waals surface area (Å²) < 4.78 is 55.0. The van der Waals surface area contributed by atoms with Crippen LogP contribution in [0.2, 0.25) is 0 Å². The Balaban J connectivity index is 6.22. The summed E-state index contributed by atoms with van der Waals surface area (Å²) in [6.45, 7) is 18.3. The van der Waals surface area contributed by atoms with Crippen LogP contribution in [0.1, 0.15) is 70.6 Å². The van der Waals surface area contributed by atoms with Crippen molar-refractivity contribution >= 4 is 47.6 Å². The van der Waals surface area contributed by atoms with Gasteiger partial charge in [0.25, 0.3) is 0 Å². The second-order valence-corrected chi connectivity index (χ2v) is 14.4. The summed E-state index contributed by atoms with van der Waals surface area (Å²) in [5.41, 5.74) is -2.88. The predicted octanol–water partition coefficient (Wildman–Crippen LogP) is 4.79. The Kier molecular flexibility index (Phi) is 33.4. The molecule has 0 aliphatic carbocycles. The van der Waals surface area contributed by atoms with Gasteiger partial charge in [-0.1, -0.05) is 45.9 Å². The number of rotatable bonds is 42. The molecule has 0 spiro atoms. The normalized spacial score (nSPS) is 11.6. The first-order valence-corrected chi connectivity index (χ1v) is 20.9. The van der Waals surface area contributed by atoms with E-state index in [1.807, 2.05) is 0 Å². The molecular weight excluding hydrogens is 840 g/mol. The molecule has 0 aromatic carbocycles. The van der Waals surface area contributed by atoms with Crippen LogP contribution in [0.4, 0.5) is 0 Å². The zero-order valence-corrected chi connectivity index (χ0v) is 37.0. The number of hydrogen-bond donors (Lipinski definition) is 0. The minimum atomic E-state index is -1.51. The summed E-state index contributed by atoms with van der Waals surface area (Å²) in [6, 6.07) is 0. The van der Waals surface area contributed by atoms with E-state index in [0.717, 1.165) is 30.4 Å². The number of ketones is 1. The number of hydrogen-bond acceptors (Lipinski definition) is 18. The van der Waals surface area contributed by atoms with Crippen LogP contribution in [0.5, 0.6) is 0 Å². The van der Waals surface area contributed by atoms with Crippen LogP contribution in [-0.2, 0) is 85.7 Å². The van der Waals surface area contributed by atoms with Gasteiger partial charge < -0.3 is 47.4 Å². The van der Waals surface area contributed by atoms with Crippen LogP contribution >= 0.6 is 0 Å². The van der Waals surface area contributed by atoms with Crippen LogP contribution < -0.4 is 0 Å². The second-order valence-electron chi connectivity index (χ2n) is 14.4. The Morgan fingerprint density at radius 2 is 0.656 bits per heavy atom. The van der Waals surface area contributed by atoms with Gasteiger partial charge in [0.2, 0.25) is 0 Å². The first-order chi connectivity index (χ1) is 30.7. The highest BCUT2D eigenvalue weighted by Crippen LogP contribution is 2.26. The van der Waals surface area contributed by atoms with Crippen LogP contribution in [0.3, 0.4) is 0 Å². The third-order valence-electron chi connectivity index (χ3n) is 8.79. The Morgan fingerprint density at radius 1 is 0.312 bits per heavy atom. The molecule has 0 fully saturated rings. The van der Waals surface area contributed by atoms with Gasteiger partial charge >= 0.3 is 41.8 Å². The lowest BCUT2D eigenvalue weighted by atomic mass is 9.90. The summed E-state index contributed by atoms with van der Waals surface area (Å²) in [4.78, 5) is 96.8. The van der Waals surface area contributed by atoms with Gasteiger partial charge in [-0.2, -0.15) is 0 Å². The summed E-state index contributed by atoms with van der Waals surface area (Å²) >= 11 is 0. The number of ether oxygens (including phenoxy) is 10. The van der Waals surface area contributed by atoms with Crippen LogP contribution in [0.25, 0.3) is 0 Å². The molecule has 64 heavy (non-hydrogen) atoms. The Hall–Kier alpha value is -5.72. The molecule has 18 heteroatoms. The van der Waals surface area contributed by atoms with Crippen LogP contribution in [0.15, 0.2) is 75.9 Å². The molecule has 0 aromatic heterocycles. The SMILES string of the molecule is C=CC(=O)CCOCCCCCC(=O)OCC(COCC(COCCCCOC(=O)C=C)(COC(=O)C=C)COC(=O)CCCCCOC(=O)C=C)(COC(=O)C=C)COC(=O)C=C. The lowest BCUT2D eigenvalue weighted by molar-refractivity contribution is -0.171. The molecule has 0 bridgehead atoms. The van der Waals surface area contributed by atoms with Gasteiger partial charge in [0.15, 0.2) is 5.78 Å². The molecule has 0 saturated carbocycles. The van der Waals surface area contributed by atoms with Crippen LogP contribution in [-0.4, -0.2) is 133 Å². The smallest absolute Gasteiger partial charge is 0.330 e. The second kappa shape index (κ2) is 36.7. The van der Waals surface area contributed by atoms with Gasteiger partial charge in [0, 0.05) is 62.9 Å². The molecular formula is C46H66O18. The molecule has 0 amide bonds. The maximum Gasteiger partial charge on any atom is 0.330 e.